The first kappa shape index (κ1) is 12.7. The summed E-state index contributed by atoms with van der Waals surface area (Å²) < 4.78 is 11.0. The summed E-state index contributed by atoms with van der Waals surface area (Å²) in [5.41, 5.74) is 1.48. The van der Waals surface area contributed by atoms with Gasteiger partial charge in [0.2, 0.25) is 0 Å². The first-order valence-corrected chi connectivity index (χ1v) is 7.00. The highest BCUT2D eigenvalue weighted by Crippen LogP contribution is 2.35. The van der Waals surface area contributed by atoms with Gasteiger partial charge in [0.05, 0.1) is 0 Å². The van der Waals surface area contributed by atoms with Crippen LogP contribution in [0.15, 0.2) is 41.8 Å². The fourth-order valence-corrected chi connectivity index (χ4v) is 2.83. The largest absolute Gasteiger partial charge is 0.486 e. The van der Waals surface area contributed by atoms with Crippen LogP contribution in [-0.2, 0) is 4.79 Å². The van der Waals surface area contributed by atoms with E-state index in [9.17, 15) is 4.79 Å². The van der Waals surface area contributed by atoms with E-state index in [2.05, 4.69) is 0 Å². The minimum absolute atomic E-state index is 0.507. The van der Waals surface area contributed by atoms with Crippen LogP contribution in [0.25, 0.3) is 5.57 Å². The maximum atomic E-state index is 11.0. The van der Waals surface area contributed by atoms with Gasteiger partial charge in [-0.05, 0) is 29.1 Å². The van der Waals surface area contributed by atoms with Crippen molar-refractivity contribution < 1.29 is 19.4 Å². The molecular formula is C15H12O4S. The highest BCUT2D eigenvalue weighted by atomic mass is 32.1. The van der Waals surface area contributed by atoms with Crippen LogP contribution in [0.3, 0.4) is 0 Å². The third-order valence-electron chi connectivity index (χ3n) is 2.91. The summed E-state index contributed by atoms with van der Waals surface area (Å²) in [4.78, 5) is 11.9. The molecule has 0 unspecified atom stereocenters. The molecule has 0 spiro atoms. The van der Waals surface area contributed by atoms with Gasteiger partial charge < -0.3 is 14.6 Å². The lowest BCUT2D eigenvalue weighted by atomic mass is 10.0. The van der Waals surface area contributed by atoms with Crippen molar-refractivity contribution in [3.05, 3.63) is 52.2 Å². The van der Waals surface area contributed by atoms with Gasteiger partial charge >= 0.3 is 5.97 Å². The van der Waals surface area contributed by atoms with E-state index < -0.39 is 5.97 Å². The van der Waals surface area contributed by atoms with E-state index in [1.807, 2.05) is 35.7 Å². The number of thiophene rings is 1. The fourth-order valence-electron chi connectivity index (χ4n) is 2.06. The molecule has 0 fully saturated rings. The molecule has 5 heteroatoms. The topological polar surface area (TPSA) is 55.8 Å². The third-order valence-corrected chi connectivity index (χ3v) is 3.81. The van der Waals surface area contributed by atoms with Crippen LogP contribution >= 0.6 is 11.3 Å². The molecule has 1 aliphatic rings. The number of rotatable bonds is 3. The minimum Gasteiger partial charge on any atom is -0.486 e. The lowest BCUT2D eigenvalue weighted by Crippen LogP contribution is -2.15. The van der Waals surface area contributed by atoms with E-state index in [0.717, 1.165) is 10.4 Å². The van der Waals surface area contributed by atoms with Gasteiger partial charge in [0.1, 0.15) is 13.2 Å². The molecule has 2 heterocycles. The fraction of sp³-hybridized carbons (Fsp3) is 0.133. The Hall–Kier alpha value is -2.27. The number of carbonyl (C=O) groups is 1. The van der Waals surface area contributed by atoms with Crippen LogP contribution in [0, 0.1) is 0 Å². The smallest absolute Gasteiger partial charge is 0.328 e. The van der Waals surface area contributed by atoms with Crippen molar-refractivity contribution in [3.8, 4) is 11.5 Å². The van der Waals surface area contributed by atoms with Crippen molar-refractivity contribution in [1.82, 2.24) is 0 Å². The molecule has 3 rings (SSSR count). The summed E-state index contributed by atoms with van der Waals surface area (Å²) in [7, 11) is 0. The molecule has 1 aliphatic heterocycles. The second-order valence-corrected chi connectivity index (χ2v) is 5.18. The quantitative estimate of drug-likeness (QED) is 0.882. The Bertz CT molecular complexity index is 659. The molecule has 0 saturated carbocycles. The average Bonchev–Trinajstić information content (AvgIpc) is 2.98. The molecule has 0 bridgehead atoms. The van der Waals surface area contributed by atoms with Gasteiger partial charge in [-0.1, -0.05) is 12.1 Å². The third kappa shape index (κ3) is 2.53. The molecule has 0 amide bonds. The summed E-state index contributed by atoms with van der Waals surface area (Å²) in [6.45, 7) is 1.04. The van der Waals surface area contributed by atoms with Crippen LogP contribution in [0.1, 0.15) is 10.4 Å². The number of carboxylic acid groups (broad SMARTS) is 1. The summed E-state index contributed by atoms with van der Waals surface area (Å²) in [6.07, 6.45) is 1.22. The maximum absolute atomic E-state index is 11.0. The lowest BCUT2D eigenvalue weighted by molar-refractivity contribution is -0.131. The number of aliphatic carboxylic acids is 1. The van der Waals surface area contributed by atoms with Crippen molar-refractivity contribution in [2.75, 3.05) is 13.2 Å². The standard InChI is InChI=1S/C15H12O4S/c16-15(17)9-11(14-2-1-7-20-14)10-3-4-12-13(8-10)19-6-5-18-12/h1-4,7-9H,5-6H2,(H,16,17)/b11-9-. The van der Waals surface area contributed by atoms with Gasteiger partial charge in [-0.25, -0.2) is 4.79 Å². The van der Waals surface area contributed by atoms with E-state index in [4.69, 9.17) is 14.6 Å². The average molecular weight is 288 g/mol. The molecule has 1 N–H and O–H groups in total. The van der Waals surface area contributed by atoms with E-state index in [1.54, 1.807) is 0 Å². The normalized spacial score (nSPS) is 14.1. The Morgan fingerprint density at radius 3 is 2.70 bits per heavy atom. The van der Waals surface area contributed by atoms with Gasteiger partial charge in [-0.2, -0.15) is 0 Å². The molecule has 0 saturated heterocycles. The van der Waals surface area contributed by atoms with Crippen molar-refractivity contribution in [2.45, 2.75) is 0 Å². The second-order valence-electron chi connectivity index (χ2n) is 4.23. The molecule has 2 aromatic rings. The van der Waals surface area contributed by atoms with Gasteiger partial charge in [0.15, 0.2) is 11.5 Å². The Labute approximate surface area is 119 Å². The Kier molecular flexibility index (Phi) is 3.43. The van der Waals surface area contributed by atoms with E-state index >= 15 is 0 Å². The zero-order valence-corrected chi connectivity index (χ0v) is 11.4. The Balaban J connectivity index is 2.06. The summed E-state index contributed by atoms with van der Waals surface area (Å²) >= 11 is 1.50. The molecule has 4 nitrogen and oxygen atoms in total. The van der Waals surface area contributed by atoms with E-state index in [0.29, 0.717) is 30.3 Å². The molecule has 20 heavy (non-hydrogen) atoms. The number of benzene rings is 1. The van der Waals surface area contributed by atoms with Crippen molar-refractivity contribution in [2.24, 2.45) is 0 Å². The second kappa shape index (κ2) is 5.38. The van der Waals surface area contributed by atoms with Crippen LogP contribution in [-0.4, -0.2) is 24.3 Å². The first-order valence-electron chi connectivity index (χ1n) is 6.12. The molecule has 0 atom stereocenters. The van der Waals surface area contributed by atoms with Gasteiger partial charge in [0, 0.05) is 16.5 Å². The van der Waals surface area contributed by atoms with Gasteiger partial charge in [0.25, 0.3) is 0 Å². The summed E-state index contributed by atoms with van der Waals surface area (Å²) in [5.74, 6) is 0.380. The number of fused-ring (bicyclic) bond motifs is 1. The van der Waals surface area contributed by atoms with Crippen molar-refractivity contribution in [3.63, 3.8) is 0 Å². The van der Waals surface area contributed by atoms with Crippen molar-refractivity contribution >= 4 is 22.9 Å². The molecule has 0 aliphatic carbocycles. The lowest BCUT2D eigenvalue weighted by Gasteiger charge is -2.19. The zero-order valence-electron chi connectivity index (χ0n) is 10.5. The highest BCUT2D eigenvalue weighted by Gasteiger charge is 2.15. The van der Waals surface area contributed by atoms with Crippen molar-refractivity contribution in [1.29, 1.82) is 0 Å². The number of hydrogen-bond acceptors (Lipinski definition) is 4. The SMILES string of the molecule is O=C(O)/C=C(/c1ccc2c(c1)OCCO2)c1cccs1. The summed E-state index contributed by atoms with van der Waals surface area (Å²) in [5, 5.41) is 11.0. The minimum atomic E-state index is -0.969. The van der Waals surface area contributed by atoms with Crippen LogP contribution in [0.4, 0.5) is 0 Å². The summed E-state index contributed by atoms with van der Waals surface area (Å²) in [6, 6.07) is 9.28. The zero-order chi connectivity index (χ0) is 13.9. The Morgan fingerprint density at radius 2 is 2.00 bits per heavy atom. The molecule has 1 aromatic heterocycles. The number of carboxylic acids is 1. The molecule has 0 radical (unpaired) electrons. The molecule has 102 valence electrons. The highest BCUT2D eigenvalue weighted by molar-refractivity contribution is 7.11. The first-order chi connectivity index (χ1) is 9.74. The molecular weight excluding hydrogens is 276 g/mol. The maximum Gasteiger partial charge on any atom is 0.328 e. The van der Waals surface area contributed by atoms with Crippen LogP contribution in [0.2, 0.25) is 0 Å². The van der Waals surface area contributed by atoms with Crippen LogP contribution < -0.4 is 9.47 Å². The Morgan fingerprint density at radius 1 is 1.20 bits per heavy atom. The number of hydrogen-bond donors (Lipinski definition) is 1. The molecule has 1 aromatic carbocycles. The predicted molar refractivity (Wildman–Crippen MR) is 76.5 cm³/mol. The van der Waals surface area contributed by atoms with E-state index in [-0.39, 0.29) is 0 Å². The monoisotopic (exact) mass is 288 g/mol. The van der Waals surface area contributed by atoms with Crippen LogP contribution in [0.5, 0.6) is 11.5 Å². The van der Waals surface area contributed by atoms with Gasteiger partial charge in [-0.15, -0.1) is 11.3 Å². The predicted octanol–water partition coefficient (Wildman–Crippen LogP) is 3.04. The van der Waals surface area contributed by atoms with E-state index in [1.165, 1.54) is 17.4 Å². The number of ether oxygens (including phenoxy) is 2. The van der Waals surface area contributed by atoms with Gasteiger partial charge in [-0.3, -0.25) is 0 Å².